The van der Waals surface area contributed by atoms with E-state index >= 15 is 4.39 Å². The van der Waals surface area contributed by atoms with Crippen LogP contribution in [-0.4, -0.2) is 40.2 Å². The van der Waals surface area contributed by atoms with Gasteiger partial charge in [-0.05, 0) is 73.3 Å². The minimum Gasteiger partial charge on any atom is -0.460 e. The van der Waals surface area contributed by atoms with E-state index in [-0.39, 0.29) is 55.0 Å². The Kier molecular flexibility index (Phi) is 7.03. The van der Waals surface area contributed by atoms with Crippen molar-refractivity contribution < 1.29 is 28.2 Å². The van der Waals surface area contributed by atoms with Gasteiger partial charge >= 0.3 is 5.97 Å². The van der Waals surface area contributed by atoms with Crippen molar-refractivity contribution in [3.05, 3.63) is 61.7 Å². The Morgan fingerprint density at radius 2 is 1.95 bits per heavy atom. The maximum atomic E-state index is 15.2. The number of aromatic nitrogens is 2. The van der Waals surface area contributed by atoms with E-state index in [4.69, 9.17) is 14.5 Å². The van der Waals surface area contributed by atoms with Crippen LogP contribution in [0, 0.1) is 18.7 Å². The van der Waals surface area contributed by atoms with E-state index < -0.39 is 18.1 Å². The number of halogens is 1. The zero-order valence-corrected chi connectivity index (χ0v) is 25.0. The number of carbonyl (C=O) groups is 3. The number of hydrogen-bond donors (Lipinski definition) is 2. The summed E-state index contributed by atoms with van der Waals surface area (Å²) in [4.78, 5) is 56.7. The molecule has 10 nitrogen and oxygen atoms in total. The molecular weight excluding hydrogens is 567 g/mol. The van der Waals surface area contributed by atoms with E-state index in [9.17, 15) is 19.2 Å². The van der Waals surface area contributed by atoms with Crippen LogP contribution in [0.2, 0.25) is 0 Å². The van der Waals surface area contributed by atoms with Gasteiger partial charge in [-0.25, -0.2) is 9.37 Å². The average Bonchev–Trinajstić information content (AvgIpc) is 3.79. The van der Waals surface area contributed by atoms with Crippen molar-refractivity contribution in [1.29, 1.82) is 0 Å². The number of nitrogens with zero attached hydrogens (tertiary/aromatic N) is 2. The summed E-state index contributed by atoms with van der Waals surface area (Å²) in [6.07, 6.45) is 2.95. The Bertz CT molecular complexity index is 1810. The molecule has 1 aromatic carbocycles. The van der Waals surface area contributed by atoms with Crippen molar-refractivity contribution in [2.45, 2.75) is 90.5 Å². The van der Waals surface area contributed by atoms with E-state index in [0.717, 1.165) is 34.9 Å². The summed E-state index contributed by atoms with van der Waals surface area (Å²) in [5.74, 6) is -1.57. The third-order valence-corrected chi connectivity index (χ3v) is 9.68. The van der Waals surface area contributed by atoms with Crippen molar-refractivity contribution in [3.63, 3.8) is 0 Å². The zero-order valence-electron chi connectivity index (χ0n) is 25.0. The predicted octanol–water partition coefficient (Wildman–Crippen LogP) is 3.81. The number of nitrogens with one attached hydrogen (secondary N) is 2. The molecule has 7 rings (SSSR count). The lowest BCUT2D eigenvalue weighted by molar-refractivity contribution is -0.148. The first-order valence-corrected chi connectivity index (χ1v) is 15.5. The molecule has 2 aliphatic carbocycles. The van der Waals surface area contributed by atoms with E-state index in [1.807, 2.05) is 13.0 Å². The molecule has 11 heteroatoms. The highest BCUT2D eigenvalue weighted by Crippen LogP contribution is 2.46. The fraction of sp³-hybridized carbons (Fsp3) is 0.485. The van der Waals surface area contributed by atoms with Crippen LogP contribution >= 0.6 is 0 Å². The average molecular weight is 603 g/mol. The summed E-state index contributed by atoms with van der Waals surface area (Å²) in [6, 6.07) is 2.88. The lowest BCUT2D eigenvalue weighted by Crippen LogP contribution is -2.43. The van der Waals surface area contributed by atoms with Crippen LogP contribution < -0.4 is 16.2 Å². The highest BCUT2D eigenvalue weighted by atomic mass is 19.1. The number of rotatable bonds is 8. The van der Waals surface area contributed by atoms with Gasteiger partial charge < -0.3 is 24.7 Å². The molecule has 1 saturated carbocycles. The first kappa shape index (κ1) is 28.6. The molecule has 2 amide bonds. The zero-order chi connectivity index (χ0) is 30.9. The second-order valence-corrected chi connectivity index (χ2v) is 12.3. The van der Waals surface area contributed by atoms with E-state index in [0.29, 0.717) is 59.3 Å². The van der Waals surface area contributed by atoms with Gasteiger partial charge in [0.1, 0.15) is 25.3 Å². The molecule has 0 bridgehead atoms. The van der Waals surface area contributed by atoms with Crippen molar-refractivity contribution in [1.82, 2.24) is 20.2 Å². The summed E-state index contributed by atoms with van der Waals surface area (Å²) < 4.78 is 28.1. The third-order valence-electron chi connectivity index (χ3n) is 9.68. The molecule has 3 aromatic rings. The van der Waals surface area contributed by atoms with Crippen molar-refractivity contribution in [2.24, 2.45) is 5.92 Å². The van der Waals surface area contributed by atoms with Crippen LogP contribution in [0.5, 0.6) is 0 Å². The standard InChI is InChI=1S/C33H35FN4O6/c1-4-17-19-10-25-29-20(12-38(25)32(41)21(19)13-43-33(17)42)28-23(9-8-18-15(3)22(34)11-24(36-29)27(18)28)37-31(40)30(16-6-7-16)44-14-35-26(39)5-2/h10-11,16-17,23,30H,4-9,12-14H2,1-3H3,(H,35,39)(H,37,40)/t17-,23+,30+/m1/s1. The molecule has 0 radical (unpaired) electrons. The quantitative estimate of drug-likeness (QED) is 0.232. The fourth-order valence-corrected chi connectivity index (χ4v) is 7.14. The van der Waals surface area contributed by atoms with Gasteiger partial charge in [0.05, 0.1) is 41.0 Å². The highest BCUT2D eigenvalue weighted by molar-refractivity contribution is 5.94. The maximum absolute atomic E-state index is 15.2. The monoisotopic (exact) mass is 602 g/mol. The van der Waals surface area contributed by atoms with Gasteiger partial charge in [0.2, 0.25) is 11.8 Å². The molecule has 4 heterocycles. The van der Waals surface area contributed by atoms with Crippen LogP contribution in [-0.2, 0) is 43.4 Å². The topological polar surface area (TPSA) is 129 Å². The molecule has 3 atom stereocenters. The van der Waals surface area contributed by atoms with Gasteiger partial charge in [0, 0.05) is 23.4 Å². The highest BCUT2D eigenvalue weighted by Gasteiger charge is 2.41. The van der Waals surface area contributed by atoms with Crippen LogP contribution in [0.25, 0.3) is 22.3 Å². The number of cyclic esters (lactones) is 1. The predicted molar refractivity (Wildman–Crippen MR) is 158 cm³/mol. The molecular formula is C33H35FN4O6. The summed E-state index contributed by atoms with van der Waals surface area (Å²) >= 11 is 0. The SMILES string of the molecule is CCC(=O)NCO[C@H](C(=O)N[C@H]1CCc2c(C)c(F)cc3nc4c(c1c23)Cn1c-4cc2c(c1=O)COC(=O)[C@@H]2CC)C1CC1. The number of fused-ring (bicyclic) bond motifs is 5. The molecule has 1 fully saturated rings. The lowest BCUT2D eigenvalue weighted by atomic mass is 9.81. The number of ether oxygens (including phenoxy) is 2. The van der Waals surface area contributed by atoms with Crippen LogP contribution in [0.1, 0.15) is 91.3 Å². The minimum absolute atomic E-state index is 0.0456. The maximum Gasteiger partial charge on any atom is 0.313 e. The molecule has 0 saturated heterocycles. The summed E-state index contributed by atoms with van der Waals surface area (Å²) in [7, 11) is 0. The summed E-state index contributed by atoms with van der Waals surface area (Å²) in [6.45, 7) is 5.52. The Balaban J connectivity index is 1.32. The lowest BCUT2D eigenvalue weighted by Gasteiger charge is -2.31. The van der Waals surface area contributed by atoms with Gasteiger partial charge in [0.25, 0.3) is 5.56 Å². The van der Waals surface area contributed by atoms with E-state index in [1.54, 1.807) is 18.4 Å². The number of carbonyl (C=O) groups excluding carboxylic acids is 3. The van der Waals surface area contributed by atoms with Crippen molar-refractivity contribution in [2.75, 3.05) is 6.73 Å². The molecule has 44 heavy (non-hydrogen) atoms. The fourth-order valence-electron chi connectivity index (χ4n) is 7.14. The Labute approximate surface area is 253 Å². The molecule has 0 spiro atoms. The summed E-state index contributed by atoms with van der Waals surface area (Å²) in [5, 5.41) is 6.72. The number of esters is 1. The van der Waals surface area contributed by atoms with Gasteiger partial charge in [-0.1, -0.05) is 13.8 Å². The third kappa shape index (κ3) is 4.51. The number of amides is 2. The number of benzene rings is 1. The smallest absolute Gasteiger partial charge is 0.313 e. The van der Waals surface area contributed by atoms with Crippen molar-refractivity contribution in [3.8, 4) is 11.4 Å². The van der Waals surface area contributed by atoms with Gasteiger partial charge in [-0.3, -0.25) is 19.2 Å². The van der Waals surface area contributed by atoms with Gasteiger partial charge in [-0.15, -0.1) is 0 Å². The molecule has 230 valence electrons. The first-order valence-electron chi connectivity index (χ1n) is 15.5. The Morgan fingerprint density at radius 1 is 1.16 bits per heavy atom. The number of pyridine rings is 2. The van der Waals surface area contributed by atoms with Gasteiger partial charge in [0.15, 0.2) is 0 Å². The van der Waals surface area contributed by atoms with Crippen LogP contribution in [0.15, 0.2) is 16.9 Å². The molecule has 2 aromatic heterocycles. The Morgan fingerprint density at radius 3 is 2.68 bits per heavy atom. The molecule has 0 unspecified atom stereocenters. The van der Waals surface area contributed by atoms with E-state index in [2.05, 4.69) is 10.6 Å². The van der Waals surface area contributed by atoms with Crippen LogP contribution in [0.4, 0.5) is 4.39 Å². The van der Waals surface area contributed by atoms with E-state index in [1.165, 1.54) is 6.07 Å². The van der Waals surface area contributed by atoms with Crippen LogP contribution in [0.3, 0.4) is 0 Å². The largest absolute Gasteiger partial charge is 0.460 e. The first-order chi connectivity index (χ1) is 21.2. The molecule has 2 N–H and O–H groups in total. The second-order valence-electron chi connectivity index (χ2n) is 12.3. The normalized spacial score (nSPS) is 20.4. The summed E-state index contributed by atoms with van der Waals surface area (Å²) in [5.41, 5.74) is 5.59. The van der Waals surface area contributed by atoms with Crippen molar-refractivity contribution >= 4 is 28.7 Å². The molecule has 2 aliphatic heterocycles. The Hall–Kier alpha value is -4.12. The number of aryl methyl sites for hydroxylation is 1. The van der Waals surface area contributed by atoms with Gasteiger partial charge in [-0.2, -0.15) is 0 Å². The number of hydrogen-bond acceptors (Lipinski definition) is 7. The second kappa shape index (κ2) is 10.8. The molecule has 4 aliphatic rings. The minimum atomic E-state index is -0.705.